The number of hydrogen-bond donors (Lipinski definition) is 1. The number of anilines is 1. The van der Waals surface area contributed by atoms with Crippen LogP contribution < -0.4 is 10.5 Å². The number of nitrogens with zero attached hydrogens (tertiary/aromatic N) is 4. The summed E-state index contributed by atoms with van der Waals surface area (Å²) in [5, 5.41) is 0. The average Bonchev–Trinajstić information content (AvgIpc) is 2.93. The molecule has 2 aromatic rings. The molecule has 3 heterocycles. The molecule has 2 aromatic heterocycles. The van der Waals surface area contributed by atoms with Crippen LogP contribution in [0, 0.1) is 0 Å². The molecule has 112 valence electrons. The smallest absolute Gasteiger partial charge is 0.320 e. The third-order valence-electron chi connectivity index (χ3n) is 3.45. The Hall–Kier alpha value is -2.15. The molecular formula is C14H19N5O2. The van der Waals surface area contributed by atoms with Crippen molar-refractivity contribution >= 4 is 17.0 Å². The summed E-state index contributed by atoms with van der Waals surface area (Å²) in [5.41, 5.74) is 7.18. The molecule has 0 aliphatic carbocycles. The van der Waals surface area contributed by atoms with Gasteiger partial charge in [-0.3, -0.25) is 4.57 Å². The lowest BCUT2D eigenvalue weighted by Gasteiger charge is -2.23. The molecule has 1 aliphatic rings. The van der Waals surface area contributed by atoms with E-state index in [2.05, 4.69) is 21.5 Å². The molecule has 1 fully saturated rings. The monoisotopic (exact) mass is 289 g/mol. The first kappa shape index (κ1) is 13.8. The molecule has 2 N–H and O–H groups in total. The van der Waals surface area contributed by atoms with Crippen molar-refractivity contribution in [2.45, 2.75) is 31.9 Å². The van der Waals surface area contributed by atoms with Crippen molar-refractivity contribution in [1.29, 1.82) is 0 Å². The molecule has 21 heavy (non-hydrogen) atoms. The summed E-state index contributed by atoms with van der Waals surface area (Å²) >= 11 is 0. The summed E-state index contributed by atoms with van der Waals surface area (Å²) in [6, 6.07) is 0.263. The lowest BCUT2D eigenvalue weighted by Crippen LogP contribution is -2.18. The van der Waals surface area contributed by atoms with E-state index in [0.29, 0.717) is 23.6 Å². The van der Waals surface area contributed by atoms with Gasteiger partial charge in [-0.2, -0.15) is 9.97 Å². The predicted molar refractivity (Wildman–Crippen MR) is 78.9 cm³/mol. The molecule has 1 atom stereocenters. The van der Waals surface area contributed by atoms with E-state index in [4.69, 9.17) is 15.2 Å². The molecule has 0 radical (unpaired) electrons. The maximum absolute atomic E-state index is 5.94. The Morgan fingerprint density at radius 2 is 2.38 bits per heavy atom. The Morgan fingerprint density at radius 1 is 1.48 bits per heavy atom. The first-order valence-electron chi connectivity index (χ1n) is 7.15. The standard InChI is InChI=1S/C14H19N5O2/c1-2-3-7-21-14-17-12(15)11-13(18-14)19(9-16-11)10-6-4-5-8-20-10/h2,9-10H,1,3-8H2,(H2,15,17,18). The van der Waals surface area contributed by atoms with Gasteiger partial charge in [0.25, 0.3) is 0 Å². The van der Waals surface area contributed by atoms with Crippen LogP contribution in [0.15, 0.2) is 19.0 Å². The molecule has 1 saturated heterocycles. The van der Waals surface area contributed by atoms with E-state index in [-0.39, 0.29) is 12.2 Å². The van der Waals surface area contributed by atoms with E-state index in [1.807, 2.05) is 4.57 Å². The Labute approximate surface area is 122 Å². The Kier molecular flexibility index (Phi) is 4.01. The van der Waals surface area contributed by atoms with Crippen LogP contribution in [0.5, 0.6) is 6.01 Å². The second-order valence-electron chi connectivity index (χ2n) is 4.96. The van der Waals surface area contributed by atoms with E-state index < -0.39 is 0 Å². The van der Waals surface area contributed by atoms with E-state index in [1.165, 1.54) is 0 Å². The number of nitrogens with two attached hydrogens (primary N) is 1. The number of ether oxygens (including phenoxy) is 2. The normalized spacial score (nSPS) is 18.8. The van der Waals surface area contributed by atoms with Crippen LogP contribution in [-0.4, -0.2) is 32.7 Å². The summed E-state index contributed by atoms with van der Waals surface area (Å²) in [6.45, 7) is 4.88. The molecular weight excluding hydrogens is 270 g/mol. The topological polar surface area (TPSA) is 88.1 Å². The SMILES string of the molecule is C=CCCOc1nc(N)c2ncn(C3CCCCO3)c2n1. The molecule has 0 spiro atoms. The van der Waals surface area contributed by atoms with E-state index in [1.54, 1.807) is 12.4 Å². The van der Waals surface area contributed by atoms with Gasteiger partial charge in [-0.15, -0.1) is 6.58 Å². The van der Waals surface area contributed by atoms with Crippen molar-refractivity contribution in [3.05, 3.63) is 19.0 Å². The van der Waals surface area contributed by atoms with Gasteiger partial charge in [-0.1, -0.05) is 6.08 Å². The number of rotatable bonds is 5. The third-order valence-corrected chi connectivity index (χ3v) is 3.45. The van der Waals surface area contributed by atoms with Gasteiger partial charge in [0.2, 0.25) is 0 Å². The van der Waals surface area contributed by atoms with Crippen molar-refractivity contribution in [3.63, 3.8) is 0 Å². The first-order chi connectivity index (χ1) is 10.3. The maximum Gasteiger partial charge on any atom is 0.320 e. The highest BCUT2D eigenvalue weighted by Gasteiger charge is 2.20. The van der Waals surface area contributed by atoms with Crippen LogP contribution in [0.3, 0.4) is 0 Å². The van der Waals surface area contributed by atoms with Crippen LogP contribution in [0.2, 0.25) is 0 Å². The Bertz CT molecular complexity index is 634. The van der Waals surface area contributed by atoms with Gasteiger partial charge in [0.1, 0.15) is 6.23 Å². The summed E-state index contributed by atoms with van der Waals surface area (Å²) in [7, 11) is 0. The van der Waals surface area contributed by atoms with Crippen LogP contribution in [-0.2, 0) is 4.74 Å². The maximum atomic E-state index is 5.94. The zero-order valence-corrected chi connectivity index (χ0v) is 11.9. The van der Waals surface area contributed by atoms with Crippen molar-refractivity contribution in [3.8, 4) is 6.01 Å². The summed E-state index contributed by atoms with van der Waals surface area (Å²) in [5.74, 6) is 0.322. The van der Waals surface area contributed by atoms with Crippen molar-refractivity contribution in [1.82, 2.24) is 19.5 Å². The number of hydrogen-bond acceptors (Lipinski definition) is 6. The van der Waals surface area contributed by atoms with Gasteiger partial charge in [-0.25, -0.2) is 4.98 Å². The van der Waals surface area contributed by atoms with E-state index in [9.17, 15) is 0 Å². The molecule has 0 saturated carbocycles. The summed E-state index contributed by atoms with van der Waals surface area (Å²) in [4.78, 5) is 12.8. The number of aromatic nitrogens is 4. The van der Waals surface area contributed by atoms with E-state index in [0.717, 1.165) is 32.3 Å². The zero-order chi connectivity index (χ0) is 14.7. The van der Waals surface area contributed by atoms with Crippen LogP contribution in [0.25, 0.3) is 11.2 Å². The van der Waals surface area contributed by atoms with Crippen LogP contribution in [0.4, 0.5) is 5.82 Å². The van der Waals surface area contributed by atoms with Gasteiger partial charge in [0.05, 0.1) is 12.9 Å². The predicted octanol–water partition coefficient (Wildman–Crippen LogP) is 2.06. The fourth-order valence-electron chi connectivity index (χ4n) is 2.37. The quantitative estimate of drug-likeness (QED) is 0.669. The second kappa shape index (κ2) is 6.09. The number of fused-ring (bicyclic) bond motifs is 1. The Balaban J connectivity index is 1.92. The van der Waals surface area contributed by atoms with Gasteiger partial charge < -0.3 is 15.2 Å². The number of nitrogen functional groups attached to an aromatic ring is 1. The first-order valence-corrected chi connectivity index (χ1v) is 7.15. The van der Waals surface area contributed by atoms with Gasteiger partial charge >= 0.3 is 6.01 Å². The van der Waals surface area contributed by atoms with Crippen molar-refractivity contribution in [2.24, 2.45) is 0 Å². The second-order valence-corrected chi connectivity index (χ2v) is 4.96. The summed E-state index contributed by atoms with van der Waals surface area (Å²) in [6.07, 6.45) is 7.35. The highest BCUT2D eigenvalue weighted by atomic mass is 16.5. The number of imidazole rings is 1. The summed E-state index contributed by atoms with van der Waals surface area (Å²) < 4.78 is 13.2. The highest BCUT2D eigenvalue weighted by molar-refractivity contribution is 5.81. The highest BCUT2D eigenvalue weighted by Crippen LogP contribution is 2.27. The molecule has 0 bridgehead atoms. The van der Waals surface area contributed by atoms with Gasteiger partial charge in [0.15, 0.2) is 17.0 Å². The fraction of sp³-hybridized carbons (Fsp3) is 0.500. The lowest BCUT2D eigenvalue weighted by molar-refractivity contribution is -0.0298. The van der Waals surface area contributed by atoms with Crippen LogP contribution >= 0.6 is 0 Å². The molecule has 1 aliphatic heterocycles. The lowest BCUT2D eigenvalue weighted by atomic mass is 10.2. The minimum Gasteiger partial charge on any atom is -0.463 e. The minimum atomic E-state index is -0.0425. The molecule has 3 rings (SSSR count). The molecule has 0 aromatic carbocycles. The Morgan fingerprint density at radius 3 is 3.14 bits per heavy atom. The van der Waals surface area contributed by atoms with E-state index >= 15 is 0 Å². The van der Waals surface area contributed by atoms with Crippen molar-refractivity contribution < 1.29 is 9.47 Å². The third kappa shape index (κ3) is 2.82. The van der Waals surface area contributed by atoms with Gasteiger partial charge in [0, 0.05) is 6.61 Å². The largest absolute Gasteiger partial charge is 0.463 e. The van der Waals surface area contributed by atoms with Crippen LogP contribution in [0.1, 0.15) is 31.9 Å². The fourth-order valence-corrected chi connectivity index (χ4v) is 2.37. The zero-order valence-electron chi connectivity index (χ0n) is 11.9. The molecule has 7 nitrogen and oxygen atoms in total. The molecule has 7 heteroatoms. The van der Waals surface area contributed by atoms with Crippen molar-refractivity contribution in [2.75, 3.05) is 18.9 Å². The van der Waals surface area contributed by atoms with Gasteiger partial charge in [-0.05, 0) is 25.7 Å². The molecule has 1 unspecified atom stereocenters. The minimum absolute atomic E-state index is 0.0425. The molecule has 0 amide bonds. The average molecular weight is 289 g/mol.